The lowest BCUT2D eigenvalue weighted by atomic mass is 10.1. The largest absolute Gasteiger partial charge is 0.493 e. The first-order chi connectivity index (χ1) is 16.6. The molecular formula is C27H39N3O4. The highest BCUT2D eigenvalue weighted by Gasteiger charge is 2.07. The van der Waals surface area contributed by atoms with Crippen LogP contribution in [0.1, 0.15) is 68.6 Å². The van der Waals surface area contributed by atoms with Gasteiger partial charge in [0.15, 0.2) is 0 Å². The number of unbranched alkanes of at least 4 members (excludes halogenated alkanes) is 6. The second kappa shape index (κ2) is 16.5. The topological polar surface area (TPSA) is 75.1 Å². The van der Waals surface area contributed by atoms with Gasteiger partial charge in [-0.25, -0.2) is 9.97 Å². The Balaban J connectivity index is 1.49. The van der Waals surface area contributed by atoms with Crippen LogP contribution >= 0.6 is 0 Å². The van der Waals surface area contributed by atoms with Crippen LogP contribution in [0.15, 0.2) is 41.8 Å². The number of oxime groups is 1. The fourth-order valence-electron chi connectivity index (χ4n) is 3.47. The average molecular weight is 470 g/mol. The first-order valence-electron chi connectivity index (χ1n) is 12.1. The van der Waals surface area contributed by atoms with E-state index in [1.54, 1.807) is 18.6 Å². The van der Waals surface area contributed by atoms with Gasteiger partial charge < -0.3 is 19.0 Å². The van der Waals surface area contributed by atoms with E-state index in [1.165, 1.54) is 32.8 Å². The molecule has 2 aromatic rings. The molecule has 0 N–H and O–H groups in total. The van der Waals surface area contributed by atoms with E-state index in [-0.39, 0.29) is 0 Å². The SMILES string of the molecule is C/C=C/COc1cc(C)c(OCCCCCCCCCOc2ncc(C=NOC)cn2)c(C)c1. The van der Waals surface area contributed by atoms with E-state index in [2.05, 4.69) is 45.9 Å². The van der Waals surface area contributed by atoms with Gasteiger partial charge in [-0.1, -0.05) is 49.4 Å². The number of aromatic nitrogens is 2. The van der Waals surface area contributed by atoms with Crippen molar-refractivity contribution in [1.82, 2.24) is 9.97 Å². The molecule has 0 fully saturated rings. The normalized spacial score (nSPS) is 11.3. The highest BCUT2D eigenvalue weighted by molar-refractivity contribution is 5.77. The van der Waals surface area contributed by atoms with E-state index >= 15 is 0 Å². The van der Waals surface area contributed by atoms with Crippen molar-refractivity contribution in [2.75, 3.05) is 26.9 Å². The summed E-state index contributed by atoms with van der Waals surface area (Å²) in [6.07, 6.45) is 17.0. The van der Waals surface area contributed by atoms with Crippen molar-refractivity contribution >= 4 is 6.21 Å². The highest BCUT2D eigenvalue weighted by Crippen LogP contribution is 2.28. The monoisotopic (exact) mass is 469 g/mol. The summed E-state index contributed by atoms with van der Waals surface area (Å²) in [5.41, 5.74) is 3.02. The molecule has 0 unspecified atom stereocenters. The number of rotatable bonds is 17. The van der Waals surface area contributed by atoms with Gasteiger partial charge in [0, 0.05) is 18.0 Å². The number of aryl methyl sites for hydroxylation is 2. The van der Waals surface area contributed by atoms with Crippen LogP contribution in [0, 0.1) is 13.8 Å². The lowest BCUT2D eigenvalue weighted by Crippen LogP contribution is -2.02. The summed E-state index contributed by atoms with van der Waals surface area (Å²) < 4.78 is 17.4. The van der Waals surface area contributed by atoms with Gasteiger partial charge in [-0.05, 0) is 56.9 Å². The van der Waals surface area contributed by atoms with Crippen molar-refractivity contribution in [3.8, 4) is 17.5 Å². The van der Waals surface area contributed by atoms with E-state index in [4.69, 9.17) is 14.2 Å². The molecule has 7 nitrogen and oxygen atoms in total. The Bertz CT molecular complexity index is 859. The van der Waals surface area contributed by atoms with Crippen molar-refractivity contribution in [3.63, 3.8) is 0 Å². The van der Waals surface area contributed by atoms with Gasteiger partial charge in [0.1, 0.15) is 25.2 Å². The third-order valence-electron chi connectivity index (χ3n) is 5.24. The fraction of sp³-hybridized carbons (Fsp3) is 0.519. The third kappa shape index (κ3) is 10.7. The molecule has 0 saturated heterocycles. The number of allylic oxidation sites excluding steroid dienone is 1. The van der Waals surface area contributed by atoms with Crippen molar-refractivity contribution in [2.24, 2.45) is 5.16 Å². The lowest BCUT2D eigenvalue weighted by molar-refractivity contribution is 0.215. The molecule has 0 bridgehead atoms. The van der Waals surface area contributed by atoms with E-state index < -0.39 is 0 Å². The molecule has 0 amide bonds. The minimum absolute atomic E-state index is 0.399. The standard InChI is InChI=1S/C27H39N3O4/c1-5-6-14-32-25-17-22(2)26(23(3)18-25)33-15-12-10-8-7-9-11-13-16-34-27-28-19-24(20-29-27)21-30-31-4/h5-6,17-21H,7-16H2,1-4H3/b6-5+,30-21?. The summed E-state index contributed by atoms with van der Waals surface area (Å²) >= 11 is 0. The molecule has 1 heterocycles. The van der Waals surface area contributed by atoms with Crippen molar-refractivity contribution in [2.45, 2.75) is 65.7 Å². The van der Waals surface area contributed by atoms with Gasteiger partial charge >= 0.3 is 6.01 Å². The summed E-state index contributed by atoms with van der Waals surface area (Å²) in [6, 6.07) is 4.50. The van der Waals surface area contributed by atoms with Crippen LogP contribution in [-0.2, 0) is 4.84 Å². The number of ether oxygens (including phenoxy) is 3. The predicted octanol–water partition coefficient (Wildman–Crippen LogP) is 6.22. The molecule has 0 aliphatic carbocycles. The van der Waals surface area contributed by atoms with Gasteiger partial charge in [-0.3, -0.25) is 0 Å². The average Bonchev–Trinajstić information content (AvgIpc) is 2.83. The van der Waals surface area contributed by atoms with Gasteiger partial charge in [-0.2, -0.15) is 0 Å². The van der Waals surface area contributed by atoms with Crippen LogP contribution in [0.2, 0.25) is 0 Å². The molecular weight excluding hydrogens is 430 g/mol. The van der Waals surface area contributed by atoms with E-state index in [0.29, 0.717) is 19.2 Å². The summed E-state index contributed by atoms with van der Waals surface area (Å²) in [5.74, 6) is 1.88. The minimum atomic E-state index is 0.399. The molecule has 0 atom stereocenters. The third-order valence-corrected chi connectivity index (χ3v) is 5.24. The van der Waals surface area contributed by atoms with Gasteiger partial charge in [0.2, 0.25) is 0 Å². The maximum absolute atomic E-state index is 6.07. The van der Waals surface area contributed by atoms with Crippen molar-refractivity contribution in [1.29, 1.82) is 0 Å². The Morgan fingerprint density at radius 1 is 0.824 bits per heavy atom. The molecule has 7 heteroatoms. The molecule has 0 aliphatic rings. The summed E-state index contributed by atoms with van der Waals surface area (Å²) in [6.45, 7) is 8.13. The first kappa shape index (κ1) is 27.2. The second-order valence-corrected chi connectivity index (χ2v) is 8.15. The highest BCUT2D eigenvalue weighted by atomic mass is 16.6. The number of hydrogen-bond donors (Lipinski definition) is 0. The maximum atomic E-state index is 6.07. The maximum Gasteiger partial charge on any atom is 0.316 e. The van der Waals surface area contributed by atoms with Crippen LogP contribution in [0.4, 0.5) is 0 Å². The summed E-state index contributed by atoms with van der Waals surface area (Å²) in [5, 5.41) is 3.67. The summed E-state index contributed by atoms with van der Waals surface area (Å²) in [7, 11) is 1.50. The second-order valence-electron chi connectivity index (χ2n) is 8.15. The van der Waals surface area contributed by atoms with Crippen LogP contribution in [0.5, 0.6) is 17.5 Å². The number of benzene rings is 1. The lowest BCUT2D eigenvalue weighted by Gasteiger charge is -2.14. The molecule has 1 aromatic heterocycles. The number of nitrogens with zero attached hydrogens (tertiary/aromatic N) is 3. The molecule has 0 spiro atoms. The van der Waals surface area contributed by atoms with Crippen LogP contribution in [-0.4, -0.2) is 43.1 Å². The van der Waals surface area contributed by atoms with Crippen molar-refractivity contribution < 1.29 is 19.0 Å². The van der Waals surface area contributed by atoms with Crippen LogP contribution in [0.3, 0.4) is 0 Å². The first-order valence-corrected chi connectivity index (χ1v) is 12.1. The van der Waals surface area contributed by atoms with Gasteiger partial charge in [-0.15, -0.1) is 0 Å². The Morgan fingerprint density at radius 2 is 1.41 bits per heavy atom. The molecule has 2 rings (SSSR count). The number of hydrogen-bond acceptors (Lipinski definition) is 7. The Hall–Kier alpha value is -3.09. The molecule has 0 radical (unpaired) electrons. The smallest absolute Gasteiger partial charge is 0.316 e. The quantitative estimate of drug-likeness (QED) is 0.119. The minimum Gasteiger partial charge on any atom is -0.493 e. The Kier molecular flexibility index (Phi) is 13.2. The van der Waals surface area contributed by atoms with E-state index in [9.17, 15) is 0 Å². The zero-order chi connectivity index (χ0) is 24.4. The molecule has 34 heavy (non-hydrogen) atoms. The van der Waals surface area contributed by atoms with Gasteiger partial charge in [0.05, 0.1) is 19.4 Å². The fourth-order valence-corrected chi connectivity index (χ4v) is 3.47. The molecule has 0 saturated carbocycles. The Labute approximate surface area is 204 Å². The van der Waals surface area contributed by atoms with Crippen LogP contribution in [0.25, 0.3) is 0 Å². The Morgan fingerprint density at radius 3 is 2.00 bits per heavy atom. The molecule has 186 valence electrons. The zero-order valence-electron chi connectivity index (χ0n) is 21.1. The summed E-state index contributed by atoms with van der Waals surface area (Å²) in [4.78, 5) is 12.9. The van der Waals surface area contributed by atoms with Crippen molar-refractivity contribution in [3.05, 3.63) is 53.4 Å². The zero-order valence-corrected chi connectivity index (χ0v) is 21.1. The molecule has 1 aromatic carbocycles. The predicted molar refractivity (Wildman–Crippen MR) is 136 cm³/mol. The van der Waals surface area contributed by atoms with E-state index in [1.807, 2.05) is 19.1 Å². The van der Waals surface area contributed by atoms with Crippen LogP contribution < -0.4 is 14.2 Å². The molecule has 0 aliphatic heterocycles. The van der Waals surface area contributed by atoms with E-state index in [0.717, 1.165) is 54.1 Å². The van der Waals surface area contributed by atoms with Gasteiger partial charge in [0.25, 0.3) is 0 Å².